The number of hydrogen-bond donors (Lipinski definition) is 1. The fraction of sp³-hybridized carbons (Fsp3) is 0. The van der Waals surface area contributed by atoms with Crippen molar-refractivity contribution < 1.29 is 9.50 Å². The normalized spacial score (nSPS) is 9.18. The van der Waals surface area contributed by atoms with E-state index in [1.165, 1.54) is 12.1 Å². The third kappa shape index (κ3) is 1.26. The van der Waals surface area contributed by atoms with Gasteiger partial charge in [-0.05, 0) is 12.1 Å². The highest BCUT2D eigenvalue weighted by Gasteiger charge is 2.09. The maximum absolute atomic E-state index is 12.6. The molecule has 0 amide bonds. The molecule has 1 aromatic rings. The van der Waals surface area contributed by atoms with Gasteiger partial charge in [-0.1, -0.05) is 11.6 Å². The van der Waals surface area contributed by atoms with E-state index in [1.807, 2.05) is 0 Å². The highest BCUT2D eigenvalue weighted by Crippen LogP contribution is 2.28. The number of aromatic hydroxyl groups is 1. The standard InChI is InChI=1S/C7H3ClFNO/c8-5-1-2-6(9)4(3-10)7(5)11/h1-2,11H. The summed E-state index contributed by atoms with van der Waals surface area (Å²) in [5.74, 6) is -1.27. The predicted molar refractivity (Wildman–Crippen MR) is 37.8 cm³/mol. The summed E-state index contributed by atoms with van der Waals surface area (Å²) in [4.78, 5) is 0. The molecule has 0 spiro atoms. The largest absolute Gasteiger partial charge is 0.505 e. The van der Waals surface area contributed by atoms with Gasteiger partial charge in [0.2, 0.25) is 0 Å². The summed E-state index contributed by atoms with van der Waals surface area (Å²) in [5.41, 5.74) is -0.419. The number of halogens is 2. The van der Waals surface area contributed by atoms with Crippen molar-refractivity contribution in [3.05, 3.63) is 28.5 Å². The van der Waals surface area contributed by atoms with Crippen LogP contribution in [-0.2, 0) is 0 Å². The Labute approximate surface area is 67.5 Å². The maximum Gasteiger partial charge on any atom is 0.154 e. The molecule has 1 aromatic carbocycles. The molecule has 0 saturated heterocycles. The van der Waals surface area contributed by atoms with Crippen LogP contribution in [0.4, 0.5) is 4.39 Å². The molecule has 0 aliphatic carbocycles. The highest BCUT2D eigenvalue weighted by atomic mass is 35.5. The third-order valence-corrected chi connectivity index (χ3v) is 1.49. The van der Waals surface area contributed by atoms with Crippen LogP contribution in [-0.4, -0.2) is 5.11 Å². The average molecular weight is 172 g/mol. The Kier molecular flexibility index (Phi) is 1.97. The van der Waals surface area contributed by atoms with Crippen LogP contribution in [0.3, 0.4) is 0 Å². The third-order valence-electron chi connectivity index (χ3n) is 1.19. The van der Waals surface area contributed by atoms with Gasteiger partial charge in [0.05, 0.1) is 5.02 Å². The molecule has 0 unspecified atom stereocenters. The second kappa shape index (κ2) is 2.77. The topological polar surface area (TPSA) is 44.0 Å². The van der Waals surface area contributed by atoms with Gasteiger partial charge in [0, 0.05) is 0 Å². The fourth-order valence-electron chi connectivity index (χ4n) is 0.647. The molecule has 1 N–H and O–H groups in total. The molecular weight excluding hydrogens is 169 g/mol. The van der Waals surface area contributed by atoms with Crippen LogP contribution >= 0.6 is 11.6 Å². The molecule has 0 heterocycles. The number of nitriles is 1. The molecule has 56 valence electrons. The molecule has 0 atom stereocenters. The van der Waals surface area contributed by atoms with Gasteiger partial charge in [0.1, 0.15) is 17.4 Å². The first-order chi connectivity index (χ1) is 5.16. The molecule has 4 heteroatoms. The van der Waals surface area contributed by atoms with Gasteiger partial charge in [-0.3, -0.25) is 0 Å². The lowest BCUT2D eigenvalue weighted by molar-refractivity contribution is 0.467. The van der Waals surface area contributed by atoms with Crippen molar-refractivity contribution in [1.29, 1.82) is 5.26 Å². The van der Waals surface area contributed by atoms with Crippen LogP contribution in [0.15, 0.2) is 12.1 Å². The van der Waals surface area contributed by atoms with Crippen molar-refractivity contribution in [2.24, 2.45) is 0 Å². The predicted octanol–water partition coefficient (Wildman–Crippen LogP) is 2.06. The molecule has 0 aliphatic heterocycles. The Morgan fingerprint density at radius 2 is 2.18 bits per heavy atom. The summed E-state index contributed by atoms with van der Waals surface area (Å²) in [7, 11) is 0. The van der Waals surface area contributed by atoms with Crippen LogP contribution in [0.1, 0.15) is 5.56 Å². The van der Waals surface area contributed by atoms with E-state index in [0.29, 0.717) is 0 Å². The second-order valence-electron chi connectivity index (χ2n) is 1.86. The molecule has 0 bridgehead atoms. The van der Waals surface area contributed by atoms with Gasteiger partial charge in [-0.2, -0.15) is 5.26 Å². The van der Waals surface area contributed by atoms with E-state index in [2.05, 4.69) is 0 Å². The monoisotopic (exact) mass is 171 g/mol. The molecule has 0 radical (unpaired) electrons. The number of benzene rings is 1. The summed E-state index contributed by atoms with van der Waals surface area (Å²) in [6.45, 7) is 0. The van der Waals surface area contributed by atoms with Crippen LogP contribution in [0, 0.1) is 17.1 Å². The minimum Gasteiger partial charge on any atom is -0.505 e. The quantitative estimate of drug-likeness (QED) is 0.649. The Bertz CT molecular complexity index is 332. The van der Waals surface area contributed by atoms with E-state index in [1.54, 1.807) is 0 Å². The molecule has 0 saturated carbocycles. The molecule has 0 aromatic heterocycles. The average Bonchev–Trinajstić information content (AvgIpc) is 1.99. The van der Waals surface area contributed by atoms with E-state index in [9.17, 15) is 4.39 Å². The number of phenolic OH excluding ortho intramolecular Hbond substituents is 1. The summed E-state index contributed by atoms with van der Waals surface area (Å²) >= 11 is 5.40. The summed E-state index contributed by atoms with van der Waals surface area (Å²) < 4.78 is 12.6. The molecular formula is C7H3ClFNO. The summed E-state index contributed by atoms with van der Waals surface area (Å²) in [6.07, 6.45) is 0. The van der Waals surface area contributed by atoms with E-state index < -0.39 is 17.1 Å². The van der Waals surface area contributed by atoms with Gasteiger partial charge < -0.3 is 5.11 Å². The van der Waals surface area contributed by atoms with E-state index >= 15 is 0 Å². The van der Waals surface area contributed by atoms with Crippen molar-refractivity contribution >= 4 is 11.6 Å². The molecule has 2 nitrogen and oxygen atoms in total. The van der Waals surface area contributed by atoms with Gasteiger partial charge in [-0.15, -0.1) is 0 Å². The zero-order chi connectivity index (χ0) is 8.43. The second-order valence-corrected chi connectivity index (χ2v) is 2.27. The Morgan fingerprint density at radius 3 is 2.64 bits per heavy atom. The fourth-order valence-corrected chi connectivity index (χ4v) is 0.805. The maximum atomic E-state index is 12.6. The first-order valence-electron chi connectivity index (χ1n) is 2.74. The molecule has 0 fully saturated rings. The summed E-state index contributed by atoms with van der Waals surface area (Å²) in [6, 6.07) is 3.71. The molecule has 11 heavy (non-hydrogen) atoms. The van der Waals surface area contributed by atoms with E-state index in [0.717, 1.165) is 6.07 Å². The van der Waals surface area contributed by atoms with Crippen molar-refractivity contribution in [3.8, 4) is 11.8 Å². The number of nitrogens with zero attached hydrogens (tertiary/aromatic N) is 1. The van der Waals surface area contributed by atoms with Crippen LogP contribution in [0.5, 0.6) is 5.75 Å². The number of hydrogen-bond acceptors (Lipinski definition) is 2. The summed E-state index contributed by atoms with van der Waals surface area (Å²) in [5, 5.41) is 17.3. The minimum atomic E-state index is -0.769. The first kappa shape index (κ1) is 7.83. The Balaban J connectivity index is 3.44. The van der Waals surface area contributed by atoms with Gasteiger partial charge in [0.15, 0.2) is 5.75 Å². The lowest BCUT2D eigenvalue weighted by atomic mass is 10.2. The lowest BCUT2D eigenvalue weighted by Crippen LogP contribution is -1.83. The van der Waals surface area contributed by atoms with Crippen molar-refractivity contribution in [1.82, 2.24) is 0 Å². The highest BCUT2D eigenvalue weighted by molar-refractivity contribution is 6.32. The van der Waals surface area contributed by atoms with Crippen molar-refractivity contribution in [3.63, 3.8) is 0 Å². The van der Waals surface area contributed by atoms with Crippen LogP contribution in [0.2, 0.25) is 5.02 Å². The first-order valence-corrected chi connectivity index (χ1v) is 3.11. The number of rotatable bonds is 0. The zero-order valence-corrected chi connectivity index (χ0v) is 6.06. The van der Waals surface area contributed by atoms with E-state index in [-0.39, 0.29) is 5.02 Å². The van der Waals surface area contributed by atoms with Gasteiger partial charge >= 0.3 is 0 Å². The Hall–Kier alpha value is -1.27. The van der Waals surface area contributed by atoms with Crippen LogP contribution in [0.25, 0.3) is 0 Å². The number of phenols is 1. The van der Waals surface area contributed by atoms with Crippen LogP contribution < -0.4 is 0 Å². The SMILES string of the molecule is N#Cc1c(F)ccc(Cl)c1O. The van der Waals surface area contributed by atoms with Gasteiger partial charge in [-0.25, -0.2) is 4.39 Å². The molecule has 1 rings (SSSR count). The smallest absolute Gasteiger partial charge is 0.154 e. The van der Waals surface area contributed by atoms with Crippen molar-refractivity contribution in [2.75, 3.05) is 0 Å². The van der Waals surface area contributed by atoms with Crippen molar-refractivity contribution in [2.45, 2.75) is 0 Å². The van der Waals surface area contributed by atoms with Gasteiger partial charge in [0.25, 0.3) is 0 Å². The Morgan fingerprint density at radius 1 is 1.55 bits per heavy atom. The minimum absolute atomic E-state index is 0.0250. The lowest BCUT2D eigenvalue weighted by Gasteiger charge is -1.98. The zero-order valence-electron chi connectivity index (χ0n) is 5.31. The molecule has 0 aliphatic rings. The van der Waals surface area contributed by atoms with E-state index in [4.69, 9.17) is 22.0 Å².